The van der Waals surface area contributed by atoms with E-state index >= 15 is 0 Å². The van der Waals surface area contributed by atoms with Crippen molar-refractivity contribution in [2.75, 3.05) is 0 Å². The van der Waals surface area contributed by atoms with Crippen LogP contribution in [-0.4, -0.2) is 22.2 Å². The molecule has 0 saturated heterocycles. The number of aryl methyl sites for hydroxylation is 1. The summed E-state index contributed by atoms with van der Waals surface area (Å²) in [5.41, 5.74) is 5.97. The number of aromatic carboxylic acids is 1. The van der Waals surface area contributed by atoms with Crippen LogP contribution in [0.3, 0.4) is 0 Å². The van der Waals surface area contributed by atoms with Crippen LogP contribution in [-0.2, 0) is 4.79 Å². The van der Waals surface area contributed by atoms with E-state index in [1.54, 1.807) is 6.92 Å². The quantitative estimate of drug-likeness (QED) is 0.693. The van der Waals surface area contributed by atoms with Crippen LogP contribution in [0.5, 0.6) is 0 Å². The van der Waals surface area contributed by atoms with Gasteiger partial charge in [-0.05, 0) is 18.6 Å². The van der Waals surface area contributed by atoms with E-state index < -0.39 is 18.0 Å². The average molecular weight is 215 g/mol. The molecule has 1 aromatic heterocycles. The van der Waals surface area contributed by atoms with Crippen LogP contribution in [0, 0.1) is 6.92 Å². The Hall–Kier alpha value is -1.40. The standard InChI is InChI=1S/C8H9NO4S/c1-3-2-4(7(10)11)14-6(3)5(9)8(12)13/h2,5H,9H2,1H3,(H,10,11)(H,12,13)/t5-/m0/s1. The fourth-order valence-corrected chi connectivity index (χ4v) is 2.03. The van der Waals surface area contributed by atoms with E-state index in [2.05, 4.69) is 0 Å². The van der Waals surface area contributed by atoms with E-state index in [0.29, 0.717) is 10.4 Å². The van der Waals surface area contributed by atoms with E-state index in [0.717, 1.165) is 11.3 Å². The van der Waals surface area contributed by atoms with Crippen LogP contribution in [0.4, 0.5) is 0 Å². The summed E-state index contributed by atoms with van der Waals surface area (Å²) in [6, 6.07) is 0.276. The molecule has 0 unspecified atom stereocenters. The molecule has 0 aliphatic rings. The normalized spacial score (nSPS) is 12.4. The molecule has 0 aromatic carbocycles. The van der Waals surface area contributed by atoms with E-state index in [9.17, 15) is 9.59 Å². The summed E-state index contributed by atoms with van der Waals surface area (Å²) >= 11 is 0.899. The molecule has 6 heteroatoms. The molecule has 0 aliphatic heterocycles. The molecule has 4 N–H and O–H groups in total. The van der Waals surface area contributed by atoms with Crippen molar-refractivity contribution >= 4 is 23.3 Å². The van der Waals surface area contributed by atoms with Crippen LogP contribution in [0.25, 0.3) is 0 Å². The molecule has 0 fully saturated rings. The van der Waals surface area contributed by atoms with E-state index in [1.807, 2.05) is 0 Å². The van der Waals surface area contributed by atoms with Gasteiger partial charge in [0.1, 0.15) is 10.9 Å². The zero-order chi connectivity index (χ0) is 10.9. The van der Waals surface area contributed by atoms with Crippen molar-refractivity contribution in [3.63, 3.8) is 0 Å². The van der Waals surface area contributed by atoms with Crippen molar-refractivity contribution in [2.45, 2.75) is 13.0 Å². The highest BCUT2D eigenvalue weighted by Gasteiger charge is 2.21. The summed E-state index contributed by atoms with van der Waals surface area (Å²) in [5.74, 6) is -2.23. The van der Waals surface area contributed by atoms with Gasteiger partial charge in [0.25, 0.3) is 0 Å². The summed E-state index contributed by atoms with van der Waals surface area (Å²) in [5, 5.41) is 17.3. The molecule has 1 rings (SSSR count). The van der Waals surface area contributed by atoms with Crippen molar-refractivity contribution in [3.8, 4) is 0 Å². The van der Waals surface area contributed by atoms with E-state index in [1.165, 1.54) is 6.07 Å². The van der Waals surface area contributed by atoms with Gasteiger partial charge in [-0.15, -0.1) is 11.3 Å². The predicted molar refractivity (Wildman–Crippen MR) is 50.6 cm³/mol. The fraction of sp³-hybridized carbons (Fsp3) is 0.250. The molecular weight excluding hydrogens is 206 g/mol. The summed E-state index contributed by atoms with van der Waals surface area (Å²) in [6.45, 7) is 1.64. The maximum Gasteiger partial charge on any atom is 0.345 e. The lowest BCUT2D eigenvalue weighted by atomic mass is 10.2. The smallest absolute Gasteiger partial charge is 0.345 e. The van der Waals surface area contributed by atoms with Gasteiger partial charge in [0, 0.05) is 4.88 Å². The zero-order valence-corrected chi connectivity index (χ0v) is 8.17. The number of thiophene rings is 1. The van der Waals surface area contributed by atoms with Gasteiger partial charge < -0.3 is 15.9 Å². The van der Waals surface area contributed by atoms with Gasteiger partial charge in [0.05, 0.1) is 0 Å². The molecule has 76 valence electrons. The Bertz CT molecular complexity index is 385. The Morgan fingerprint density at radius 2 is 2.07 bits per heavy atom. The summed E-state index contributed by atoms with van der Waals surface area (Å²) in [6.07, 6.45) is 0. The van der Waals surface area contributed by atoms with Gasteiger partial charge in [-0.3, -0.25) is 4.79 Å². The highest BCUT2D eigenvalue weighted by molar-refractivity contribution is 7.14. The lowest BCUT2D eigenvalue weighted by Crippen LogP contribution is -2.20. The van der Waals surface area contributed by atoms with Crippen LogP contribution in [0.2, 0.25) is 0 Å². The first-order chi connectivity index (χ1) is 6.43. The third kappa shape index (κ3) is 1.91. The molecule has 0 radical (unpaired) electrons. The second-order valence-electron chi connectivity index (χ2n) is 2.78. The molecule has 0 saturated carbocycles. The van der Waals surface area contributed by atoms with E-state index in [-0.39, 0.29) is 4.88 Å². The molecule has 0 spiro atoms. The molecule has 1 heterocycles. The number of nitrogens with two attached hydrogens (primary N) is 1. The molecule has 5 nitrogen and oxygen atoms in total. The third-order valence-corrected chi connectivity index (χ3v) is 3.02. The number of aliphatic carboxylic acids is 1. The number of carboxylic acids is 2. The molecular formula is C8H9NO4S. The van der Waals surface area contributed by atoms with Crippen LogP contribution >= 0.6 is 11.3 Å². The van der Waals surface area contributed by atoms with Crippen molar-refractivity contribution in [2.24, 2.45) is 5.73 Å². The Morgan fingerprint density at radius 3 is 2.43 bits per heavy atom. The first-order valence-electron chi connectivity index (χ1n) is 3.75. The van der Waals surface area contributed by atoms with Crippen molar-refractivity contribution in [1.29, 1.82) is 0 Å². The monoisotopic (exact) mass is 215 g/mol. The second kappa shape index (κ2) is 3.77. The summed E-state index contributed by atoms with van der Waals surface area (Å²) < 4.78 is 0. The first-order valence-corrected chi connectivity index (χ1v) is 4.57. The Kier molecular flexibility index (Phi) is 2.87. The molecule has 1 atom stereocenters. The van der Waals surface area contributed by atoms with Crippen LogP contribution < -0.4 is 5.73 Å². The lowest BCUT2D eigenvalue weighted by Gasteiger charge is -2.03. The Morgan fingerprint density at radius 1 is 1.50 bits per heavy atom. The van der Waals surface area contributed by atoms with Gasteiger partial charge in [-0.25, -0.2) is 4.79 Å². The number of hydrogen-bond acceptors (Lipinski definition) is 4. The SMILES string of the molecule is Cc1cc(C(=O)O)sc1[C@H](N)C(=O)O. The van der Waals surface area contributed by atoms with Gasteiger partial charge >= 0.3 is 11.9 Å². The van der Waals surface area contributed by atoms with Crippen molar-refractivity contribution in [1.82, 2.24) is 0 Å². The number of carbonyl (C=O) groups is 2. The molecule has 0 bridgehead atoms. The minimum absolute atomic E-state index is 0.106. The molecule has 14 heavy (non-hydrogen) atoms. The average Bonchev–Trinajstić information content (AvgIpc) is 2.46. The summed E-state index contributed by atoms with van der Waals surface area (Å²) in [4.78, 5) is 21.6. The number of hydrogen-bond donors (Lipinski definition) is 3. The topological polar surface area (TPSA) is 101 Å². The van der Waals surface area contributed by atoms with Gasteiger partial charge in [-0.1, -0.05) is 0 Å². The highest BCUT2D eigenvalue weighted by Crippen LogP contribution is 2.26. The highest BCUT2D eigenvalue weighted by atomic mass is 32.1. The van der Waals surface area contributed by atoms with Gasteiger partial charge in [0.15, 0.2) is 0 Å². The second-order valence-corrected chi connectivity index (χ2v) is 3.86. The van der Waals surface area contributed by atoms with Crippen molar-refractivity contribution < 1.29 is 19.8 Å². The number of carboxylic acid groups (broad SMARTS) is 2. The zero-order valence-electron chi connectivity index (χ0n) is 7.35. The Labute approximate surface area is 83.8 Å². The first kappa shape index (κ1) is 10.7. The third-order valence-electron chi connectivity index (χ3n) is 1.72. The van der Waals surface area contributed by atoms with E-state index in [4.69, 9.17) is 15.9 Å². The maximum absolute atomic E-state index is 10.6. The lowest BCUT2D eigenvalue weighted by molar-refractivity contribution is -0.138. The maximum atomic E-state index is 10.6. The van der Waals surface area contributed by atoms with Crippen molar-refractivity contribution in [3.05, 3.63) is 21.4 Å². The summed E-state index contributed by atoms with van der Waals surface area (Å²) in [7, 11) is 0. The minimum Gasteiger partial charge on any atom is -0.480 e. The molecule has 0 amide bonds. The van der Waals surface area contributed by atoms with Gasteiger partial charge in [0.2, 0.25) is 0 Å². The van der Waals surface area contributed by atoms with Gasteiger partial charge in [-0.2, -0.15) is 0 Å². The molecule has 1 aromatic rings. The number of rotatable bonds is 3. The molecule has 0 aliphatic carbocycles. The fourth-order valence-electron chi connectivity index (χ4n) is 1.02. The minimum atomic E-state index is -1.16. The Balaban J connectivity index is 3.10. The van der Waals surface area contributed by atoms with Crippen LogP contribution in [0.1, 0.15) is 26.2 Å². The van der Waals surface area contributed by atoms with Crippen LogP contribution in [0.15, 0.2) is 6.07 Å². The predicted octanol–water partition coefficient (Wildman–Crippen LogP) is 0.839. The largest absolute Gasteiger partial charge is 0.480 e.